The third-order valence-corrected chi connectivity index (χ3v) is 3.31. The van der Waals surface area contributed by atoms with E-state index in [-0.39, 0.29) is 0 Å². The van der Waals surface area contributed by atoms with Gasteiger partial charge >= 0.3 is 0 Å². The summed E-state index contributed by atoms with van der Waals surface area (Å²) in [6.45, 7) is 6.40. The average molecular weight is 257 g/mol. The maximum atomic E-state index is 5.90. The molecule has 0 fully saturated rings. The molecule has 0 aliphatic rings. The van der Waals surface area contributed by atoms with E-state index < -0.39 is 0 Å². The fourth-order valence-corrected chi connectivity index (χ4v) is 1.96. The minimum Gasteiger partial charge on any atom is -0.437 e. The van der Waals surface area contributed by atoms with Crippen molar-refractivity contribution in [3.05, 3.63) is 46.6 Å². The molecule has 1 heterocycles. The first-order valence-corrected chi connectivity index (χ1v) is 6.46. The van der Waals surface area contributed by atoms with Crippen LogP contribution in [0, 0.1) is 13.8 Å². The molecule has 4 heteroatoms. The van der Waals surface area contributed by atoms with Crippen molar-refractivity contribution in [3.8, 4) is 11.6 Å². The highest BCUT2D eigenvalue weighted by atomic mass is 16.5. The van der Waals surface area contributed by atoms with Gasteiger partial charge in [0.15, 0.2) is 0 Å². The summed E-state index contributed by atoms with van der Waals surface area (Å²) in [5.41, 5.74) is 9.78. The molecule has 0 amide bonds. The van der Waals surface area contributed by atoms with E-state index in [0.29, 0.717) is 12.4 Å². The van der Waals surface area contributed by atoms with E-state index in [1.54, 1.807) is 0 Å². The highest BCUT2D eigenvalue weighted by molar-refractivity contribution is 5.41. The number of aryl methyl sites for hydroxylation is 2. The van der Waals surface area contributed by atoms with Crippen LogP contribution < -0.4 is 10.5 Å². The van der Waals surface area contributed by atoms with E-state index in [0.717, 1.165) is 34.6 Å². The maximum absolute atomic E-state index is 5.90. The molecule has 100 valence electrons. The number of rotatable bonds is 4. The fourth-order valence-electron chi connectivity index (χ4n) is 1.96. The first kappa shape index (κ1) is 13.5. The molecular formula is C15H19N3O. The van der Waals surface area contributed by atoms with Crippen LogP contribution in [0.5, 0.6) is 11.6 Å². The van der Waals surface area contributed by atoms with Crippen LogP contribution in [0.2, 0.25) is 0 Å². The van der Waals surface area contributed by atoms with Crippen LogP contribution >= 0.6 is 0 Å². The predicted molar refractivity (Wildman–Crippen MR) is 75.3 cm³/mol. The number of benzene rings is 1. The lowest BCUT2D eigenvalue weighted by atomic mass is 10.1. The Morgan fingerprint density at radius 1 is 1.16 bits per heavy atom. The van der Waals surface area contributed by atoms with Crippen molar-refractivity contribution in [2.24, 2.45) is 5.73 Å². The molecule has 2 aromatic rings. The second kappa shape index (κ2) is 5.80. The highest BCUT2D eigenvalue weighted by Gasteiger charge is 2.13. The van der Waals surface area contributed by atoms with Gasteiger partial charge in [-0.1, -0.05) is 25.1 Å². The van der Waals surface area contributed by atoms with Crippen LogP contribution in [0.4, 0.5) is 0 Å². The van der Waals surface area contributed by atoms with Gasteiger partial charge in [0.2, 0.25) is 5.88 Å². The molecule has 2 rings (SSSR count). The third-order valence-electron chi connectivity index (χ3n) is 3.31. The number of hydrogen-bond acceptors (Lipinski definition) is 4. The first-order valence-electron chi connectivity index (χ1n) is 6.46. The smallest absolute Gasteiger partial charge is 0.243 e. The van der Waals surface area contributed by atoms with Gasteiger partial charge in [-0.15, -0.1) is 5.10 Å². The quantitative estimate of drug-likeness (QED) is 0.914. The zero-order valence-corrected chi connectivity index (χ0v) is 11.6. The molecule has 1 aromatic carbocycles. The number of nitrogens with zero attached hydrogens (tertiary/aromatic N) is 2. The summed E-state index contributed by atoms with van der Waals surface area (Å²) in [6.07, 6.45) is 0.909. The Balaban J connectivity index is 2.41. The van der Waals surface area contributed by atoms with Crippen molar-refractivity contribution in [2.75, 3.05) is 0 Å². The first-order chi connectivity index (χ1) is 9.17. The molecular weight excluding hydrogens is 238 g/mol. The molecule has 0 atom stereocenters. The zero-order valence-electron chi connectivity index (χ0n) is 11.6. The predicted octanol–water partition coefficient (Wildman–Crippen LogP) is 2.91. The van der Waals surface area contributed by atoms with Crippen LogP contribution in [-0.2, 0) is 13.0 Å². The second-order valence-corrected chi connectivity index (χ2v) is 4.46. The zero-order chi connectivity index (χ0) is 13.8. The topological polar surface area (TPSA) is 61.0 Å². The lowest BCUT2D eigenvalue weighted by Crippen LogP contribution is -2.07. The number of ether oxygens (including phenoxy) is 1. The number of hydrogen-bond donors (Lipinski definition) is 1. The van der Waals surface area contributed by atoms with Crippen LogP contribution in [0.1, 0.15) is 29.3 Å². The Hall–Kier alpha value is -1.94. The normalized spacial score (nSPS) is 10.5. The van der Waals surface area contributed by atoms with Gasteiger partial charge in [-0.25, -0.2) is 0 Å². The lowest BCUT2D eigenvalue weighted by molar-refractivity contribution is 0.442. The van der Waals surface area contributed by atoms with Crippen molar-refractivity contribution in [2.45, 2.75) is 33.7 Å². The minimum atomic E-state index is 0.395. The molecule has 1 aromatic heterocycles. The summed E-state index contributed by atoms with van der Waals surface area (Å²) in [6, 6.07) is 7.94. The third kappa shape index (κ3) is 2.74. The fraction of sp³-hybridized carbons (Fsp3) is 0.333. The van der Waals surface area contributed by atoms with Gasteiger partial charge in [-0.05, 0) is 37.5 Å². The van der Waals surface area contributed by atoms with Crippen molar-refractivity contribution >= 4 is 0 Å². The molecule has 2 N–H and O–H groups in total. The van der Waals surface area contributed by atoms with Gasteiger partial charge < -0.3 is 10.5 Å². The van der Waals surface area contributed by atoms with Crippen molar-refractivity contribution < 1.29 is 4.74 Å². The van der Waals surface area contributed by atoms with Gasteiger partial charge in [0.1, 0.15) is 5.75 Å². The van der Waals surface area contributed by atoms with Gasteiger partial charge in [0.05, 0.1) is 5.69 Å². The molecule has 0 saturated carbocycles. The Kier molecular flexibility index (Phi) is 4.12. The average Bonchev–Trinajstić information content (AvgIpc) is 2.44. The monoisotopic (exact) mass is 257 g/mol. The van der Waals surface area contributed by atoms with Crippen molar-refractivity contribution in [1.29, 1.82) is 0 Å². The summed E-state index contributed by atoms with van der Waals surface area (Å²) in [7, 11) is 0. The van der Waals surface area contributed by atoms with E-state index in [4.69, 9.17) is 10.5 Å². The SMILES string of the molecule is CCc1ccccc1Oc1nnc(C)c(C)c1CN. The molecule has 0 bridgehead atoms. The van der Waals surface area contributed by atoms with E-state index in [1.165, 1.54) is 0 Å². The Morgan fingerprint density at radius 2 is 1.89 bits per heavy atom. The van der Waals surface area contributed by atoms with Gasteiger partial charge in [0.25, 0.3) is 0 Å². The number of aromatic nitrogens is 2. The Bertz CT molecular complexity index is 582. The summed E-state index contributed by atoms with van der Waals surface area (Å²) >= 11 is 0. The number of nitrogens with two attached hydrogens (primary N) is 1. The van der Waals surface area contributed by atoms with Crippen LogP contribution in [0.25, 0.3) is 0 Å². The lowest BCUT2D eigenvalue weighted by Gasteiger charge is -2.13. The molecule has 0 spiro atoms. The molecule has 0 aliphatic heterocycles. The second-order valence-electron chi connectivity index (χ2n) is 4.46. The van der Waals surface area contributed by atoms with Gasteiger partial charge in [-0.2, -0.15) is 5.10 Å². The molecule has 0 saturated heterocycles. The molecule has 0 radical (unpaired) electrons. The van der Waals surface area contributed by atoms with Gasteiger partial charge in [0, 0.05) is 12.1 Å². The molecule has 0 aliphatic carbocycles. The molecule has 0 unspecified atom stereocenters. The van der Waals surface area contributed by atoms with E-state index in [9.17, 15) is 0 Å². The van der Waals surface area contributed by atoms with E-state index in [2.05, 4.69) is 17.1 Å². The van der Waals surface area contributed by atoms with Crippen molar-refractivity contribution in [1.82, 2.24) is 10.2 Å². The van der Waals surface area contributed by atoms with Crippen LogP contribution in [0.15, 0.2) is 24.3 Å². The summed E-state index contributed by atoms with van der Waals surface area (Å²) in [5, 5.41) is 8.24. The van der Waals surface area contributed by atoms with E-state index >= 15 is 0 Å². The van der Waals surface area contributed by atoms with E-state index in [1.807, 2.05) is 38.1 Å². The largest absolute Gasteiger partial charge is 0.437 e. The van der Waals surface area contributed by atoms with Crippen LogP contribution in [-0.4, -0.2) is 10.2 Å². The van der Waals surface area contributed by atoms with Crippen molar-refractivity contribution in [3.63, 3.8) is 0 Å². The number of para-hydroxylation sites is 1. The maximum Gasteiger partial charge on any atom is 0.243 e. The summed E-state index contributed by atoms with van der Waals surface area (Å²) < 4.78 is 5.90. The summed E-state index contributed by atoms with van der Waals surface area (Å²) in [5.74, 6) is 1.32. The standard InChI is InChI=1S/C15H19N3O/c1-4-12-7-5-6-8-14(12)19-15-13(9-16)10(2)11(3)17-18-15/h5-8H,4,9,16H2,1-3H3. The minimum absolute atomic E-state index is 0.395. The molecule has 4 nitrogen and oxygen atoms in total. The summed E-state index contributed by atoms with van der Waals surface area (Å²) in [4.78, 5) is 0. The highest BCUT2D eigenvalue weighted by Crippen LogP contribution is 2.28. The Morgan fingerprint density at radius 3 is 2.58 bits per heavy atom. The Labute approximate surface area is 113 Å². The van der Waals surface area contributed by atoms with Crippen LogP contribution in [0.3, 0.4) is 0 Å². The van der Waals surface area contributed by atoms with Gasteiger partial charge in [-0.3, -0.25) is 0 Å². The molecule has 19 heavy (non-hydrogen) atoms.